The van der Waals surface area contributed by atoms with E-state index in [4.69, 9.17) is 4.99 Å². The number of fused-ring (bicyclic) bond motifs is 4. The molecule has 2 aromatic heterocycles. The summed E-state index contributed by atoms with van der Waals surface area (Å²) in [6.45, 7) is 1.85. The molecular weight excluding hydrogens is 438 g/mol. The molecule has 0 fully saturated rings. The second-order valence-corrected chi connectivity index (χ2v) is 8.44. The van der Waals surface area contributed by atoms with E-state index in [1.807, 2.05) is 90.4 Å². The minimum atomic E-state index is -0.885. The van der Waals surface area contributed by atoms with Gasteiger partial charge in [-0.1, -0.05) is 66.7 Å². The molecule has 1 atom stereocenters. The first-order chi connectivity index (χ1) is 17.1. The molecule has 0 saturated heterocycles. The monoisotopic (exact) mass is 459 g/mol. The standard InChI is InChI=1S/C28H21N5O2/c1-17-15-24(34)30-27-26(32-28(35)22-16-19-11-5-7-13-21(19)29-22)31-25(18-9-3-2-4-10-18)20-12-6-8-14-23(20)33(17)27/h2-16,26,29H,1H3,(H,32,35). The van der Waals surface area contributed by atoms with Gasteiger partial charge in [-0.25, -0.2) is 0 Å². The maximum absolute atomic E-state index is 13.4. The van der Waals surface area contributed by atoms with Gasteiger partial charge in [-0.2, -0.15) is 4.98 Å². The highest BCUT2D eigenvalue weighted by Crippen LogP contribution is 2.29. The third-order valence-electron chi connectivity index (χ3n) is 6.13. The topological polar surface area (TPSA) is 92.1 Å². The van der Waals surface area contributed by atoms with Crippen LogP contribution < -0.4 is 10.9 Å². The molecule has 3 aromatic carbocycles. The molecule has 7 heteroatoms. The number of carbonyl (C=O) groups excluding carboxylic acids is 1. The molecule has 1 unspecified atom stereocenters. The fourth-order valence-corrected chi connectivity index (χ4v) is 4.56. The molecule has 6 rings (SSSR count). The summed E-state index contributed by atoms with van der Waals surface area (Å²) in [5.74, 6) is 0.0217. The normalized spacial score (nSPS) is 14.5. The number of aliphatic imine (C=N–C) groups is 1. The first kappa shape index (κ1) is 20.8. The van der Waals surface area contributed by atoms with Gasteiger partial charge in [-0.15, -0.1) is 0 Å². The highest BCUT2D eigenvalue weighted by atomic mass is 16.2. The maximum atomic E-state index is 13.4. The van der Waals surface area contributed by atoms with Crippen molar-refractivity contribution in [3.05, 3.63) is 130 Å². The molecule has 0 bridgehead atoms. The quantitative estimate of drug-likeness (QED) is 0.421. The maximum Gasteiger partial charge on any atom is 0.273 e. The number of H-pyrrole nitrogens is 1. The third kappa shape index (κ3) is 3.63. The van der Waals surface area contributed by atoms with E-state index in [9.17, 15) is 9.59 Å². The lowest BCUT2D eigenvalue weighted by Crippen LogP contribution is -2.32. The Bertz CT molecular complexity index is 1650. The van der Waals surface area contributed by atoms with E-state index in [1.165, 1.54) is 6.07 Å². The Labute approximate surface area is 200 Å². The second kappa shape index (κ2) is 8.22. The Morgan fingerprint density at radius 2 is 1.69 bits per heavy atom. The fourth-order valence-electron chi connectivity index (χ4n) is 4.56. The second-order valence-electron chi connectivity index (χ2n) is 8.44. The van der Waals surface area contributed by atoms with Gasteiger partial charge >= 0.3 is 0 Å². The lowest BCUT2D eigenvalue weighted by atomic mass is 10.0. The molecule has 0 spiro atoms. The number of hydrogen-bond donors (Lipinski definition) is 2. The van der Waals surface area contributed by atoms with E-state index < -0.39 is 6.17 Å². The van der Waals surface area contributed by atoms with E-state index in [-0.39, 0.29) is 11.5 Å². The van der Waals surface area contributed by atoms with Crippen molar-refractivity contribution in [2.45, 2.75) is 13.1 Å². The van der Waals surface area contributed by atoms with Crippen molar-refractivity contribution in [1.82, 2.24) is 19.9 Å². The average molecular weight is 460 g/mol. The average Bonchev–Trinajstić information content (AvgIpc) is 3.26. The molecule has 3 heterocycles. The van der Waals surface area contributed by atoms with Crippen LogP contribution in [-0.2, 0) is 0 Å². The summed E-state index contributed by atoms with van der Waals surface area (Å²) >= 11 is 0. The van der Waals surface area contributed by atoms with Crippen LogP contribution in [0, 0.1) is 6.92 Å². The zero-order valence-electron chi connectivity index (χ0n) is 18.9. The fraction of sp³-hybridized carbons (Fsp3) is 0.0714. The van der Waals surface area contributed by atoms with Crippen LogP contribution in [-0.4, -0.2) is 26.2 Å². The van der Waals surface area contributed by atoms with Crippen molar-refractivity contribution in [2.75, 3.05) is 0 Å². The lowest BCUT2D eigenvalue weighted by Gasteiger charge is -2.19. The smallest absolute Gasteiger partial charge is 0.273 e. The number of rotatable bonds is 3. The van der Waals surface area contributed by atoms with Crippen LogP contribution in [0.4, 0.5) is 0 Å². The van der Waals surface area contributed by atoms with Crippen LogP contribution in [0.15, 0.2) is 101 Å². The van der Waals surface area contributed by atoms with Crippen molar-refractivity contribution in [1.29, 1.82) is 0 Å². The summed E-state index contributed by atoms with van der Waals surface area (Å²) < 4.78 is 1.90. The van der Waals surface area contributed by atoms with Crippen LogP contribution in [0.5, 0.6) is 0 Å². The van der Waals surface area contributed by atoms with Crippen LogP contribution in [0.2, 0.25) is 0 Å². The number of nitrogens with one attached hydrogen (secondary N) is 2. The van der Waals surface area contributed by atoms with Crippen molar-refractivity contribution in [3.8, 4) is 5.69 Å². The predicted molar refractivity (Wildman–Crippen MR) is 135 cm³/mol. The summed E-state index contributed by atoms with van der Waals surface area (Å²) in [6.07, 6.45) is -0.885. The first-order valence-electron chi connectivity index (χ1n) is 11.3. The molecule has 170 valence electrons. The number of hydrogen-bond acceptors (Lipinski definition) is 4. The number of aryl methyl sites for hydroxylation is 1. The zero-order chi connectivity index (χ0) is 23.9. The highest BCUT2D eigenvalue weighted by molar-refractivity contribution is 6.15. The molecule has 1 amide bonds. The van der Waals surface area contributed by atoms with Gasteiger partial charge in [0.1, 0.15) is 5.69 Å². The summed E-state index contributed by atoms with van der Waals surface area (Å²) in [5, 5.41) is 3.94. The van der Waals surface area contributed by atoms with E-state index >= 15 is 0 Å². The summed E-state index contributed by atoms with van der Waals surface area (Å²) in [7, 11) is 0. The number of carbonyl (C=O) groups is 1. The Morgan fingerprint density at radius 1 is 0.943 bits per heavy atom. The van der Waals surface area contributed by atoms with E-state index in [0.717, 1.165) is 27.7 Å². The molecule has 0 aliphatic carbocycles. The minimum Gasteiger partial charge on any atom is -0.351 e. The Hall–Kier alpha value is -4.78. The number of amides is 1. The molecular formula is C28H21N5O2. The van der Waals surface area contributed by atoms with Gasteiger partial charge < -0.3 is 10.3 Å². The predicted octanol–water partition coefficient (Wildman–Crippen LogP) is 4.30. The van der Waals surface area contributed by atoms with Crippen LogP contribution in [0.3, 0.4) is 0 Å². The van der Waals surface area contributed by atoms with Crippen LogP contribution in [0.1, 0.15) is 39.3 Å². The van der Waals surface area contributed by atoms with Crippen LogP contribution in [0.25, 0.3) is 16.6 Å². The minimum absolute atomic E-state index is 0.337. The number of benzene rings is 3. The molecule has 35 heavy (non-hydrogen) atoms. The zero-order valence-corrected chi connectivity index (χ0v) is 18.9. The van der Waals surface area contributed by atoms with Gasteiger partial charge in [0.05, 0.1) is 11.4 Å². The third-order valence-corrected chi connectivity index (χ3v) is 6.13. The number of para-hydroxylation sites is 2. The van der Waals surface area contributed by atoms with E-state index in [1.54, 1.807) is 6.07 Å². The SMILES string of the molecule is Cc1cc(=O)nc2n1-c1ccccc1C(c1ccccc1)=NC2NC(=O)c1cc2ccccc2[nH]1. The van der Waals surface area contributed by atoms with E-state index in [2.05, 4.69) is 15.3 Å². The molecule has 1 aliphatic heterocycles. The Kier molecular flexibility index (Phi) is 4.88. The molecule has 1 aliphatic rings. The van der Waals surface area contributed by atoms with Crippen molar-refractivity contribution in [2.24, 2.45) is 4.99 Å². The van der Waals surface area contributed by atoms with Crippen molar-refractivity contribution < 1.29 is 4.79 Å². The number of aromatic nitrogens is 3. The molecule has 0 radical (unpaired) electrons. The molecule has 0 saturated carbocycles. The van der Waals surface area contributed by atoms with E-state index in [0.29, 0.717) is 22.9 Å². The number of aromatic amines is 1. The van der Waals surface area contributed by atoms with Gasteiger partial charge in [0.15, 0.2) is 12.0 Å². The van der Waals surface area contributed by atoms with Crippen molar-refractivity contribution >= 4 is 22.5 Å². The summed E-state index contributed by atoms with van der Waals surface area (Å²) in [4.78, 5) is 38.3. The van der Waals surface area contributed by atoms with Crippen LogP contribution >= 0.6 is 0 Å². The van der Waals surface area contributed by atoms with Crippen molar-refractivity contribution in [3.63, 3.8) is 0 Å². The van der Waals surface area contributed by atoms with Gasteiger partial charge in [0.25, 0.3) is 11.5 Å². The van der Waals surface area contributed by atoms with Gasteiger partial charge in [0, 0.05) is 33.8 Å². The molecule has 7 nitrogen and oxygen atoms in total. The number of nitrogens with zero attached hydrogens (tertiary/aromatic N) is 3. The van der Waals surface area contributed by atoms with Gasteiger partial charge in [0.2, 0.25) is 0 Å². The Morgan fingerprint density at radius 3 is 2.51 bits per heavy atom. The van der Waals surface area contributed by atoms with Gasteiger partial charge in [-0.05, 0) is 25.1 Å². The Balaban J connectivity index is 1.54. The molecule has 2 N–H and O–H groups in total. The summed E-state index contributed by atoms with van der Waals surface area (Å²) in [5.41, 5.74) is 4.94. The largest absolute Gasteiger partial charge is 0.351 e. The molecule has 5 aromatic rings. The lowest BCUT2D eigenvalue weighted by molar-refractivity contribution is 0.0932. The first-order valence-corrected chi connectivity index (χ1v) is 11.3. The summed E-state index contributed by atoms with van der Waals surface area (Å²) in [6, 6.07) is 28.6. The van der Waals surface area contributed by atoms with Gasteiger partial charge in [-0.3, -0.25) is 19.1 Å². The highest BCUT2D eigenvalue weighted by Gasteiger charge is 2.28.